The number of aromatic nitrogens is 2. The molecule has 0 radical (unpaired) electrons. The highest BCUT2D eigenvalue weighted by molar-refractivity contribution is 6.30. The van der Waals surface area contributed by atoms with Crippen LogP contribution >= 0.6 is 11.6 Å². The zero-order valence-electron chi connectivity index (χ0n) is 14.7. The van der Waals surface area contributed by atoms with Gasteiger partial charge in [0, 0.05) is 17.1 Å². The third kappa shape index (κ3) is 4.31. The van der Waals surface area contributed by atoms with E-state index in [2.05, 4.69) is 10.2 Å². The van der Waals surface area contributed by atoms with Crippen LogP contribution in [0, 0.1) is 0 Å². The third-order valence-electron chi connectivity index (χ3n) is 3.95. The third-order valence-corrected chi connectivity index (χ3v) is 4.20. The average Bonchev–Trinajstić information content (AvgIpc) is 3.04. The van der Waals surface area contributed by atoms with Crippen molar-refractivity contribution in [3.8, 4) is 11.5 Å². The van der Waals surface area contributed by atoms with E-state index in [0.717, 1.165) is 24.8 Å². The molecular weight excluding hydrogens is 342 g/mol. The van der Waals surface area contributed by atoms with Gasteiger partial charge in [-0.2, -0.15) is 0 Å². The Balaban J connectivity index is 1.81. The highest BCUT2D eigenvalue weighted by Gasteiger charge is 2.34. The summed E-state index contributed by atoms with van der Waals surface area (Å²) in [5.41, 5.74) is 0.255. The summed E-state index contributed by atoms with van der Waals surface area (Å²) >= 11 is 5.91. The van der Waals surface area contributed by atoms with Gasteiger partial charge in [0.05, 0.1) is 0 Å². The van der Waals surface area contributed by atoms with Crippen LogP contribution in [0.2, 0.25) is 5.02 Å². The van der Waals surface area contributed by atoms with Crippen LogP contribution < -0.4 is 0 Å². The van der Waals surface area contributed by atoms with Gasteiger partial charge in [0.2, 0.25) is 11.8 Å². The first-order valence-corrected chi connectivity index (χ1v) is 8.80. The molecule has 1 amide bonds. The van der Waals surface area contributed by atoms with Gasteiger partial charge in [-0.1, -0.05) is 11.6 Å². The molecule has 0 spiro atoms. The monoisotopic (exact) mass is 363 g/mol. The smallest absolute Gasteiger partial charge is 0.410 e. The topological polar surface area (TPSA) is 68.5 Å². The molecule has 1 aliphatic rings. The molecule has 0 saturated carbocycles. The molecule has 7 heteroatoms. The molecule has 1 aromatic carbocycles. The first-order chi connectivity index (χ1) is 11.8. The van der Waals surface area contributed by atoms with Crippen molar-refractivity contribution in [3.63, 3.8) is 0 Å². The molecule has 6 nitrogen and oxygen atoms in total. The second kappa shape index (κ2) is 7.04. The quantitative estimate of drug-likeness (QED) is 0.762. The van der Waals surface area contributed by atoms with Crippen LogP contribution in [0.25, 0.3) is 11.5 Å². The van der Waals surface area contributed by atoms with Crippen molar-refractivity contribution in [1.82, 2.24) is 15.1 Å². The Hall–Kier alpha value is -2.08. The zero-order valence-corrected chi connectivity index (χ0v) is 15.4. The lowest BCUT2D eigenvalue weighted by Crippen LogP contribution is -2.42. The van der Waals surface area contributed by atoms with Crippen molar-refractivity contribution in [2.24, 2.45) is 0 Å². The van der Waals surface area contributed by atoms with E-state index in [1.54, 1.807) is 17.0 Å². The number of hydrogen-bond donors (Lipinski definition) is 0. The van der Waals surface area contributed by atoms with Crippen LogP contribution in [0.4, 0.5) is 4.79 Å². The summed E-state index contributed by atoms with van der Waals surface area (Å²) in [4.78, 5) is 14.2. The minimum Gasteiger partial charge on any atom is -0.444 e. The van der Waals surface area contributed by atoms with Crippen molar-refractivity contribution in [3.05, 3.63) is 35.2 Å². The fourth-order valence-electron chi connectivity index (χ4n) is 2.81. The number of benzene rings is 1. The standard InChI is InChI=1S/C18H22ClN3O3/c1-18(2,3)25-17(23)22-11-5-4-6-14(22)16-21-20-15(24-16)12-7-9-13(19)10-8-12/h7-10,14H,4-6,11H2,1-3H3. The second-order valence-corrected chi connectivity index (χ2v) is 7.57. The number of nitrogens with zero attached hydrogens (tertiary/aromatic N) is 3. The van der Waals surface area contributed by atoms with Gasteiger partial charge >= 0.3 is 6.09 Å². The maximum absolute atomic E-state index is 12.5. The van der Waals surface area contributed by atoms with Gasteiger partial charge in [-0.3, -0.25) is 4.90 Å². The molecule has 1 aliphatic heterocycles. The molecule has 2 aromatic rings. The molecule has 3 rings (SSSR count). The van der Waals surface area contributed by atoms with Crippen molar-refractivity contribution in [2.75, 3.05) is 6.54 Å². The number of piperidine rings is 1. The van der Waals surface area contributed by atoms with Crippen molar-refractivity contribution in [2.45, 2.75) is 51.7 Å². The Kier molecular flexibility index (Phi) is 4.99. The maximum atomic E-state index is 12.5. The predicted octanol–water partition coefficient (Wildman–Crippen LogP) is 4.85. The van der Waals surface area contributed by atoms with Crippen molar-refractivity contribution in [1.29, 1.82) is 0 Å². The summed E-state index contributed by atoms with van der Waals surface area (Å²) in [5.74, 6) is 0.858. The van der Waals surface area contributed by atoms with Crippen LogP contribution in [0.1, 0.15) is 52.0 Å². The highest BCUT2D eigenvalue weighted by Crippen LogP contribution is 2.33. The number of rotatable bonds is 2. The summed E-state index contributed by atoms with van der Waals surface area (Å²) in [6.07, 6.45) is 2.38. The predicted molar refractivity (Wildman–Crippen MR) is 94.3 cm³/mol. The molecule has 0 aliphatic carbocycles. The summed E-state index contributed by atoms with van der Waals surface area (Å²) in [6, 6.07) is 6.94. The first-order valence-electron chi connectivity index (χ1n) is 8.42. The fourth-order valence-corrected chi connectivity index (χ4v) is 2.93. The van der Waals surface area contributed by atoms with Gasteiger partial charge in [-0.15, -0.1) is 10.2 Å². The van der Waals surface area contributed by atoms with E-state index < -0.39 is 5.60 Å². The largest absolute Gasteiger partial charge is 0.444 e. The van der Waals surface area contributed by atoms with E-state index in [9.17, 15) is 4.79 Å². The zero-order chi connectivity index (χ0) is 18.0. The molecule has 134 valence electrons. The molecule has 1 fully saturated rings. The Morgan fingerprint density at radius 1 is 1.24 bits per heavy atom. The lowest BCUT2D eigenvalue weighted by molar-refractivity contribution is 0.00615. The second-order valence-electron chi connectivity index (χ2n) is 7.14. The molecule has 1 atom stereocenters. The van der Waals surface area contributed by atoms with Gasteiger partial charge in [0.15, 0.2) is 0 Å². The minimum atomic E-state index is -0.539. The summed E-state index contributed by atoms with van der Waals surface area (Å²) < 4.78 is 11.4. The SMILES string of the molecule is CC(C)(C)OC(=O)N1CCCCC1c1nnc(-c2ccc(Cl)cc2)o1. The normalized spacial score (nSPS) is 18.2. The molecule has 1 unspecified atom stereocenters. The van der Waals surface area contributed by atoms with Crippen molar-refractivity contribution < 1.29 is 13.9 Å². The van der Waals surface area contributed by atoms with Gasteiger partial charge < -0.3 is 9.15 Å². The van der Waals surface area contributed by atoms with E-state index >= 15 is 0 Å². The number of amides is 1. The van der Waals surface area contributed by atoms with Crippen LogP contribution in [0.15, 0.2) is 28.7 Å². The molecule has 2 heterocycles. The minimum absolute atomic E-state index is 0.253. The van der Waals surface area contributed by atoms with Crippen LogP contribution in [0.3, 0.4) is 0 Å². The molecular formula is C18H22ClN3O3. The first kappa shape index (κ1) is 17.7. The average molecular weight is 364 g/mol. The highest BCUT2D eigenvalue weighted by atomic mass is 35.5. The Morgan fingerprint density at radius 2 is 1.96 bits per heavy atom. The molecule has 0 N–H and O–H groups in total. The van der Waals surface area contributed by atoms with E-state index in [1.807, 2.05) is 32.9 Å². The van der Waals surface area contributed by atoms with Crippen LogP contribution in [-0.2, 0) is 4.74 Å². The molecule has 0 bridgehead atoms. The number of hydrogen-bond acceptors (Lipinski definition) is 5. The number of carbonyl (C=O) groups excluding carboxylic acids is 1. The molecule has 1 saturated heterocycles. The van der Waals surface area contributed by atoms with Gasteiger partial charge in [-0.25, -0.2) is 4.79 Å². The van der Waals surface area contributed by atoms with Gasteiger partial charge in [-0.05, 0) is 64.3 Å². The van der Waals surface area contributed by atoms with E-state index in [0.29, 0.717) is 23.3 Å². The van der Waals surface area contributed by atoms with E-state index in [4.69, 9.17) is 20.8 Å². The van der Waals surface area contributed by atoms with Gasteiger partial charge in [0.1, 0.15) is 11.6 Å². The summed E-state index contributed by atoms with van der Waals surface area (Å²) in [7, 11) is 0. The van der Waals surface area contributed by atoms with Crippen LogP contribution in [0.5, 0.6) is 0 Å². The number of halogens is 1. The number of ether oxygens (including phenoxy) is 1. The molecule has 1 aromatic heterocycles. The van der Waals surface area contributed by atoms with E-state index in [1.165, 1.54) is 0 Å². The fraction of sp³-hybridized carbons (Fsp3) is 0.500. The maximum Gasteiger partial charge on any atom is 0.410 e. The Morgan fingerprint density at radius 3 is 2.64 bits per heavy atom. The summed E-state index contributed by atoms with van der Waals surface area (Å²) in [5, 5.41) is 8.94. The number of likely N-dealkylation sites (tertiary alicyclic amines) is 1. The lowest BCUT2D eigenvalue weighted by atomic mass is 10.0. The Bertz CT molecular complexity index is 737. The Labute approximate surface area is 152 Å². The van der Waals surface area contributed by atoms with Crippen LogP contribution in [-0.4, -0.2) is 33.3 Å². The summed E-state index contributed by atoms with van der Waals surface area (Å²) in [6.45, 7) is 6.19. The van der Waals surface area contributed by atoms with Gasteiger partial charge in [0.25, 0.3) is 0 Å². The van der Waals surface area contributed by atoms with Crippen molar-refractivity contribution >= 4 is 17.7 Å². The van der Waals surface area contributed by atoms with E-state index in [-0.39, 0.29) is 12.1 Å². The molecule has 25 heavy (non-hydrogen) atoms. The lowest BCUT2D eigenvalue weighted by Gasteiger charge is -2.34. The number of carbonyl (C=O) groups is 1.